The SMILES string of the molecule is COc1ccc(Cl)cc1S(=O)(=O)N1CCC(C(=O)Nc2cc([N+](=O)[O-])ccc2C)CC1. The van der Waals surface area contributed by atoms with Crippen LogP contribution in [0.15, 0.2) is 41.3 Å². The number of nitrogens with one attached hydrogen (secondary N) is 1. The number of nitro benzene ring substituents is 1. The molecule has 0 unspecified atom stereocenters. The van der Waals surface area contributed by atoms with Crippen LogP contribution < -0.4 is 10.1 Å². The first-order chi connectivity index (χ1) is 14.6. The molecule has 0 saturated carbocycles. The van der Waals surface area contributed by atoms with Gasteiger partial charge in [-0.3, -0.25) is 14.9 Å². The van der Waals surface area contributed by atoms with Gasteiger partial charge < -0.3 is 10.1 Å². The van der Waals surface area contributed by atoms with Crippen molar-refractivity contribution in [3.8, 4) is 5.75 Å². The maximum atomic E-state index is 13.1. The van der Waals surface area contributed by atoms with E-state index in [2.05, 4.69) is 5.32 Å². The van der Waals surface area contributed by atoms with Gasteiger partial charge in [0.2, 0.25) is 15.9 Å². The third-order valence-electron chi connectivity index (χ3n) is 5.26. The molecule has 0 aliphatic carbocycles. The Balaban J connectivity index is 1.70. The highest BCUT2D eigenvalue weighted by Gasteiger charge is 2.34. The number of non-ortho nitro benzene ring substituents is 1. The number of carbonyl (C=O) groups excluding carboxylic acids is 1. The smallest absolute Gasteiger partial charge is 0.271 e. The van der Waals surface area contributed by atoms with Crippen LogP contribution in [0.5, 0.6) is 5.75 Å². The lowest BCUT2D eigenvalue weighted by Crippen LogP contribution is -2.41. The van der Waals surface area contributed by atoms with Crippen molar-refractivity contribution < 1.29 is 22.9 Å². The molecule has 1 N–H and O–H groups in total. The molecule has 1 amide bonds. The molecule has 3 rings (SSSR count). The number of ether oxygens (including phenoxy) is 1. The highest BCUT2D eigenvalue weighted by atomic mass is 35.5. The van der Waals surface area contributed by atoms with Crippen LogP contribution in [0.1, 0.15) is 18.4 Å². The van der Waals surface area contributed by atoms with Gasteiger partial charge in [-0.2, -0.15) is 4.31 Å². The summed E-state index contributed by atoms with van der Waals surface area (Å²) in [7, 11) is -2.46. The first-order valence-electron chi connectivity index (χ1n) is 9.53. The minimum absolute atomic E-state index is 0.0161. The van der Waals surface area contributed by atoms with Gasteiger partial charge in [-0.25, -0.2) is 8.42 Å². The number of rotatable bonds is 6. The Morgan fingerprint density at radius 3 is 2.52 bits per heavy atom. The molecule has 11 heteroatoms. The Labute approximate surface area is 185 Å². The number of nitrogens with zero attached hydrogens (tertiary/aromatic N) is 2. The number of aryl methyl sites for hydroxylation is 1. The quantitative estimate of drug-likeness (QED) is 0.512. The zero-order valence-electron chi connectivity index (χ0n) is 17.0. The number of hydrogen-bond donors (Lipinski definition) is 1. The Hall–Kier alpha value is -2.69. The fourth-order valence-electron chi connectivity index (χ4n) is 3.44. The first-order valence-corrected chi connectivity index (χ1v) is 11.3. The summed E-state index contributed by atoms with van der Waals surface area (Å²) in [6, 6.07) is 8.65. The van der Waals surface area contributed by atoms with Gasteiger partial charge in [-0.15, -0.1) is 0 Å². The van der Waals surface area contributed by atoms with E-state index in [-0.39, 0.29) is 40.4 Å². The van der Waals surface area contributed by atoms with Crippen molar-refractivity contribution in [2.75, 3.05) is 25.5 Å². The van der Waals surface area contributed by atoms with E-state index in [1.165, 1.54) is 35.7 Å². The molecule has 2 aromatic rings. The number of halogens is 1. The predicted molar refractivity (Wildman–Crippen MR) is 116 cm³/mol. The summed E-state index contributed by atoms with van der Waals surface area (Å²) >= 11 is 5.97. The molecule has 0 atom stereocenters. The molecule has 1 heterocycles. The number of hydrogen-bond acceptors (Lipinski definition) is 6. The molecule has 166 valence electrons. The van der Waals surface area contributed by atoms with E-state index in [4.69, 9.17) is 16.3 Å². The van der Waals surface area contributed by atoms with Crippen molar-refractivity contribution in [1.82, 2.24) is 4.31 Å². The zero-order chi connectivity index (χ0) is 22.8. The van der Waals surface area contributed by atoms with Crippen molar-refractivity contribution in [2.24, 2.45) is 5.92 Å². The van der Waals surface area contributed by atoms with Gasteiger partial charge in [0.1, 0.15) is 10.6 Å². The number of amides is 1. The van der Waals surface area contributed by atoms with Crippen molar-refractivity contribution >= 4 is 38.9 Å². The van der Waals surface area contributed by atoms with Crippen LogP contribution in [0.2, 0.25) is 5.02 Å². The van der Waals surface area contributed by atoms with Crippen molar-refractivity contribution in [2.45, 2.75) is 24.7 Å². The molecule has 1 fully saturated rings. The van der Waals surface area contributed by atoms with E-state index in [0.29, 0.717) is 24.1 Å². The highest BCUT2D eigenvalue weighted by Crippen LogP contribution is 2.32. The maximum absolute atomic E-state index is 13.1. The topological polar surface area (TPSA) is 119 Å². The second kappa shape index (κ2) is 9.21. The maximum Gasteiger partial charge on any atom is 0.271 e. The summed E-state index contributed by atoms with van der Waals surface area (Å²) in [5.74, 6) is -0.502. The Morgan fingerprint density at radius 1 is 1.23 bits per heavy atom. The summed E-state index contributed by atoms with van der Waals surface area (Å²) in [5, 5.41) is 14.0. The molecule has 31 heavy (non-hydrogen) atoms. The van der Waals surface area contributed by atoms with Crippen LogP contribution in [0, 0.1) is 23.0 Å². The number of piperidine rings is 1. The largest absolute Gasteiger partial charge is 0.495 e. The summed E-state index contributed by atoms with van der Waals surface area (Å²) in [6.45, 7) is 2.06. The molecule has 0 bridgehead atoms. The molecule has 1 aliphatic rings. The number of carbonyl (C=O) groups is 1. The zero-order valence-corrected chi connectivity index (χ0v) is 18.6. The lowest BCUT2D eigenvalue weighted by atomic mass is 9.97. The van der Waals surface area contributed by atoms with Crippen LogP contribution >= 0.6 is 11.6 Å². The van der Waals surface area contributed by atoms with Gasteiger partial charge in [0.25, 0.3) is 5.69 Å². The number of benzene rings is 2. The summed E-state index contributed by atoms with van der Waals surface area (Å²) in [6.07, 6.45) is 0.643. The number of nitro groups is 1. The Kier molecular flexibility index (Phi) is 6.83. The van der Waals surface area contributed by atoms with Crippen molar-refractivity contribution in [1.29, 1.82) is 0 Å². The monoisotopic (exact) mass is 467 g/mol. The highest BCUT2D eigenvalue weighted by molar-refractivity contribution is 7.89. The normalized spacial score (nSPS) is 15.5. The van der Waals surface area contributed by atoms with Crippen LogP contribution in [-0.2, 0) is 14.8 Å². The molecular formula is C20H22ClN3O6S. The van der Waals surface area contributed by atoms with E-state index in [1.807, 2.05) is 0 Å². The summed E-state index contributed by atoms with van der Waals surface area (Å²) < 4.78 is 32.6. The van der Waals surface area contributed by atoms with Gasteiger partial charge in [-0.1, -0.05) is 17.7 Å². The third kappa shape index (κ3) is 4.97. The second-order valence-corrected chi connectivity index (χ2v) is 9.56. The standard InChI is InChI=1S/C20H22ClN3O6S/c1-13-3-5-16(24(26)27)12-17(13)22-20(25)14-7-9-23(10-8-14)31(28,29)19-11-15(21)4-6-18(19)30-2/h3-6,11-12,14H,7-10H2,1-2H3,(H,22,25). The molecule has 2 aromatic carbocycles. The van der Waals surface area contributed by atoms with E-state index in [1.54, 1.807) is 19.1 Å². The molecule has 9 nitrogen and oxygen atoms in total. The molecular weight excluding hydrogens is 446 g/mol. The Bertz CT molecular complexity index is 1110. The minimum Gasteiger partial charge on any atom is -0.495 e. The van der Waals surface area contributed by atoms with Crippen molar-refractivity contribution in [3.63, 3.8) is 0 Å². The molecule has 0 spiro atoms. The summed E-state index contributed by atoms with van der Waals surface area (Å²) in [4.78, 5) is 23.1. The van der Waals surface area contributed by atoms with E-state index < -0.39 is 20.9 Å². The van der Waals surface area contributed by atoms with Crippen LogP contribution in [-0.4, -0.2) is 43.8 Å². The van der Waals surface area contributed by atoms with Crippen LogP contribution in [0.25, 0.3) is 0 Å². The van der Waals surface area contributed by atoms with E-state index in [9.17, 15) is 23.3 Å². The third-order valence-corrected chi connectivity index (χ3v) is 7.41. The lowest BCUT2D eigenvalue weighted by molar-refractivity contribution is -0.384. The number of methoxy groups -OCH3 is 1. The fraction of sp³-hybridized carbons (Fsp3) is 0.350. The van der Waals surface area contributed by atoms with Gasteiger partial charge in [0, 0.05) is 36.2 Å². The van der Waals surface area contributed by atoms with Crippen molar-refractivity contribution in [3.05, 3.63) is 57.1 Å². The lowest BCUT2D eigenvalue weighted by Gasteiger charge is -2.31. The molecule has 1 aliphatic heterocycles. The Morgan fingerprint density at radius 2 is 1.90 bits per heavy atom. The van der Waals surface area contributed by atoms with Gasteiger partial charge in [-0.05, 0) is 43.5 Å². The average Bonchev–Trinajstić information content (AvgIpc) is 2.75. The molecule has 1 saturated heterocycles. The van der Waals surface area contributed by atoms with E-state index in [0.717, 1.165) is 0 Å². The number of sulfonamides is 1. The van der Waals surface area contributed by atoms with Crippen LogP contribution in [0.3, 0.4) is 0 Å². The minimum atomic E-state index is -3.84. The summed E-state index contributed by atoms with van der Waals surface area (Å²) in [5.41, 5.74) is 0.960. The predicted octanol–water partition coefficient (Wildman–Crippen LogP) is 3.60. The molecule has 0 radical (unpaired) electrons. The molecule has 0 aromatic heterocycles. The second-order valence-electron chi connectivity index (χ2n) is 7.22. The van der Waals surface area contributed by atoms with Gasteiger partial charge in [0.15, 0.2) is 0 Å². The van der Waals surface area contributed by atoms with Gasteiger partial charge >= 0.3 is 0 Å². The average molecular weight is 468 g/mol. The fourth-order valence-corrected chi connectivity index (χ4v) is 5.33. The van der Waals surface area contributed by atoms with E-state index >= 15 is 0 Å². The number of anilines is 1. The van der Waals surface area contributed by atoms with Crippen LogP contribution in [0.4, 0.5) is 11.4 Å². The van der Waals surface area contributed by atoms with Gasteiger partial charge in [0.05, 0.1) is 17.7 Å². The first kappa shape index (κ1) is 23.0.